The second kappa shape index (κ2) is 48.0. The molecule has 9 rings (SSSR count). The van der Waals surface area contributed by atoms with E-state index in [-0.39, 0.29) is 56.4 Å². The topological polar surface area (TPSA) is 329 Å². The number of hydrogen-bond donors (Lipinski definition) is 0. The Bertz CT molecular complexity index is 4700. The molecule has 0 aliphatic carbocycles. The highest BCUT2D eigenvalue weighted by Gasteiger charge is 2.34. The van der Waals surface area contributed by atoms with Crippen molar-refractivity contribution in [3.8, 4) is 9.79 Å². The molecular weight excluding hydrogens is 1660 g/mol. The Labute approximate surface area is 729 Å². The van der Waals surface area contributed by atoms with Crippen LogP contribution in [0, 0.1) is 16.2 Å². The van der Waals surface area contributed by atoms with Gasteiger partial charge in [-0.25, -0.2) is 25.3 Å². The lowest BCUT2D eigenvalue weighted by atomic mass is 9.87. The summed E-state index contributed by atoms with van der Waals surface area (Å²) in [5.74, 6) is -2.74. The summed E-state index contributed by atoms with van der Waals surface area (Å²) in [6.45, 7) is 40.3. The number of carbonyl (C=O) groups excluding carboxylic acids is 6. The van der Waals surface area contributed by atoms with E-state index < -0.39 is 138 Å². The minimum Gasteiger partial charge on any atom is -0.748 e. The Morgan fingerprint density at radius 1 is 0.364 bits per heavy atom. The van der Waals surface area contributed by atoms with E-state index in [0.29, 0.717) is 49.4 Å². The number of carbonyl (C=O) groups is 6. The second-order valence-electron chi connectivity index (χ2n) is 34.8. The molecule has 1 aliphatic rings. The molecule has 1 fully saturated rings. The largest absolute Gasteiger partial charge is 0.748 e. The predicted molar refractivity (Wildman–Crippen MR) is 488 cm³/mol. The molecule has 4 unspecified atom stereocenters. The van der Waals surface area contributed by atoms with Crippen LogP contribution in [-0.2, 0) is 115 Å². The highest BCUT2D eigenvalue weighted by atomic mass is 32.2. The molecule has 4 atom stereocenters. The third-order valence-corrected chi connectivity index (χ3v) is 29.6. The number of esters is 6. The standard InChI is InChI=1S/C22H21S.C18H19S.C15H23S.3C13H24O7S/c1-22(2,3)16-12-14-17(15-13-16)23-20-10-6-4-8-18(20)19-9-5-7-11-21(19)23;1-18(2,3)15-8-10-16(11-9-15)19-13-12-14-6-4-5-7-17(14)19;1-15(2,3)13-7-9-14(10-8-13)16-11-5-4-6-12-16;3*1-5-10(20-12(15)13(3,4)6-2)9-11(14)19-7-8-21(16,17)18/h4-15H,1-3H3;4-13H,1-3H3;7-10H,4-6,11-12H2,1-3H3;3*10H,5-9H2,1-4H3,(H,16,17,18)/q3*+1;;;/p-3. The Kier molecular flexibility index (Phi) is 42.0. The van der Waals surface area contributed by atoms with Crippen molar-refractivity contribution >= 4 is 128 Å². The van der Waals surface area contributed by atoms with Crippen molar-refractivity contribution in [1.82, 2.24) is 0 Å². The van der Waals surface area contributed by atoms with Gasteiger partial charge in [-0.15, -0.1) is 0 Å². The highest BCUT2D eigenvalue weighted by Crippen LogP contribution is 2.49. The van der Waals surface area contributed by atoms with Crippen molar-refractivity contribution in [1.29, 1.82) is 0 Å². The average molecular weight is 1790 g/mol. The van der Waals surface area contributed by atoms with Crippen molar-refractivity contribution in [3.63, 3.8) is 0 Å². The van der Waals surface area contributed by atoms with E-state index in [2.05, 4.69) is 234 Å². The van der Waals surface area contributed by atoms with Crippen LogP contribution in [0.4, 0.5) is 0 Å². The fraction of sp³-hybridized carbons (Fsp3) is 0.532. The van der Waals surface area contributed by atoms with Gasteiger partial charge in [0, 0.05) is 54.1 Å². The zero-order valence-corrected chi connectivity index (χ0v) is 79.8. The molecule has 3 heterocycles. The maximum Gasteiger partial charge on any atom is 0.311 e. The molecule has 1 aliphatic heterocycles. The Hall–Kier alpha value is -7.60. The first-order valence-electron chi connectivity index (χ1n) is 41.6. The minimum absolute atomic E-state index is 0.0244. The minimum atomic E-state index is -4.41. The van der Waals surface area contributed by atoms with Gasteiger partial charge in [-0.3, -0.25) is 28.8 Å². The van der Waals surface area contributed by atoms with Gasteiger partial charge in [-0.1, -0.05) is 177 Å². The molecule has 0 spiro atoms. The van der Waals surface area contributed by atoms with E-state index in [0.717, 1.165) is 0 Å². The summed E-state index contributed by atoms with van der Waals surface area (Å²) in [7, 11) is -12.5. The van der Waals surface area contributed by atoms with E-state index in [1.165, 1.54) is 87.5 Å². The SMILES string of the molecule is CC(C)(C)c1ccc(-[s+]2c3ccccc3c3ccccc32)cc1.CC(C)(C)c1ccc(-[s+]2ccc3ccccc32)cc1.CC(C)(C)c1ccc([S+]2CCCCC2)cc1.CCC(CC(=O)OCCS(=O)(=O)[O-])OC(=O)C(C)(C)CC.CCC(CC(=O)OCCS(=O)(=O)[O-])OC(=O)C(C)(C)CC.CCC(CC(=O)OCCS(=O)(=O)[O-])OC(=O)C(C)(C)CC. The lowest BCUT2D eigenvalue weighted by Gasteiger charge is -2.24. The summed E-state index contributed by atoms with van der Waals surface area (Å²) in [5.41, 5.74) is 3.07. The molecule has 121 heavy (non-hydrogen) atoms. The van der Waals surface area contributed by atoms with Crippen LogP contribution in [0.2, 0.25) is 0 Å². The molecule has 0 bridgehead atoms. The average Bonchev–Trinajstić information content (AvgIpc) is 1.60. The Morgan fingerprint density at radius 2 is 0.653 bits per heavy atom. The van der Waals surface area contributed by atoms with Crippen molar-refractivity contribution < 1.29 is 96.1 Å². The van der Waals surface area contributed by atoms with Crippen LogP contribution in [0.3, 0.4) is 0 Å². The molecule has 0 saturated carbocycles. The van der Waals surface area contributed by atoms with Crippen molar-refractivity contribution in [3.05, 3.63) is 174 Å². The fourth-order valence-electron chi connectivity index (χ4n) is 11.4. The van der Waals surface area contributed by atoms with Gasteiger partial charge in [0.15, 0.2) is 28.8 Å². The molecule has 2 aromatic heterocycles. The summed E-state index contributed by atoms with van der Waals surface area (Å²) in [5, 5.41) is 6.49. The van der Waals surface area contributed by atoms with E-state index >= 15 is 0 Å². The van der Waals surface area contributed by atoms with Crippen molar-refractivity contribution in [2.45, 2.75) is 262 Å². The normalized spacial score (nSPS) is 13.9. The first-order valence-corrected chi connectivity index (χ1v) is 50.4. The molecule has 8 aromatic rings. The summed E-state index contributed by atoms with van der Waals surface area (Å²) in [4.78, 5) is 74.6. The lowest BCUT2D eigenvalue weighted by molar-refractivity contribution is -0.164. The van der Waals surface area contributed by atoms with Crippen LogP contribution < -0.4 is 0 Å². The molecule has 0 amide bonds. The van der Waals surface area contributed by atoms with E-state index in [9.17, 15) is 67.7 Å². The van der Waals surface area contributed by atoms with Crippen molar-refractivity contribution in [2.24, 2.45) is 16.2 Å². The first kappa shape index (κ1) is 106. The van der Waals surface area contributed by atoms with Gasteiger partial charge in [0.05, 0.1) is 83.1 Å². The molecule has 6 aromatic carbocycles. The van der Waals surface area contributed by atoms with Crippen LogP contribution in [-0.4, -0.2) is 142 Å². The van der Waals surface area contributed by atoms with Gasteiger partial charge >= 0.3 is 35.8 Å². The van der Waals surface area contributed by atoms with Gasteiger partial charge in [0.1, 0.15) is 55.0 Å². The first-order chi connectivity index (χ1) is 56.2. The maximum absolute atomic E-state index is 11.9. The quantitative estimate of drug-likeness (QED) is 0.0175. The van der Waals surface area contributed by atoms with Gasteiger partial charge < -0.3 is 42.1 Å². The predicted octanol–water partition coefficient (Wildman–Crippen LogP) is 20.7. The van der Waals surface area contributed by atoms with Crippen LogP contribution in [0.5, 0.6) is 0 Å². The number of hydrogen-bond acceptors (Lipinski definition) is 21. The summed E-state index contributed by atoms with van der Waals surface area (Å²) >= 11 is 0. The summed E-state index contributed by atoms with van der Waals surface area (Å²) in [6.07, 6.45) is 5.05. The van der Waals surface area contributed by atoms with Crippen LogP contribution >= 0.6 is 20.9 Å². The second-order valence-corrected chi connectivity index (χ2v) is 45.5. The summed E-state index contributed by atoms with van der Waals surface area (Å²) < 4.78 is 127. The number of ether oxygens (including phenoxy) is 6. The van der Waals surface area contributed by atoms with E-state index in [1.807, 2.05) is 20.8 Å². The van der Waals surface area contributed by atoms with Crippen molar-refractivity contribution in [2.75, 3.05) is 48.6 Å². The smallest absolute Gasteiger partial charge is 0.311 e. The van der Waals surface area contributed by atoms with Crippen LogP contribution in [0.1, 0.15) is 239 Å². The third-order valence-electron chi connectivity index (χ3n) is 20.8. The fourth-order valence-corrected chi connectivity index (χ4v) is 18.9. The highest BCUT2D eigenvalue weighted by molar-refractivity contribution is 7.97. The molecule has 1 saturated heterocycles. The molecule has 0 N–H and O–H groups in total. The number of fused-ring (bicyclic) bond motifs is 4. The van der Waals surface area contributed by atoms with Gasteiger partial charge in [0.2, 0.25) is 0 Å². The molecule has 21 nitrogen and oxygen atoms in total. The number of thiophene rings is 2. The van der Waals surface area contributed by atoms with Gasteiger partial charge in [-0.05, 0) is 205 Å². The molecular formula is C94H132O21S6. The zero-order valence-electron chi connectivity index (χ0n) is 74.9. The number of benzene rings is 6. The third kappa shape index (κ3) is 37.0. The maximum atomic E-state index is 11.9. The molecule has 27 heteroatoms. The monoisotopic (exact) mass is 1790 g/mol. The van der Waals surface area contributed by atoms with Crippen LogP contribution in [0.25, 0.3) is 40.0 Å². The summed E-state index contributed by atoms with van der Waals surface area (Å²) in [6, 6.07) is 56.4. The van der Waals surface area contributed by atoms with Crippen LogP contribution in [0.15, 0.2) is 162 Å². The Morgan fingerprint density at radius 3 is 0.950 bits per heavy atom. The van der Waals surface area contributed by atoms with E-state index in [4.69, 9.17) is 14.2 Å². The number of rotatable bonds is 30. The lowest BCUT2D eigenvalue weighted by Crippen LogP contribution is -2.31. The zero-order chi connectivity index (χ0) is 91.1. The Balaban J connectivity index is 0.000000306. The molecule has 0 radical (unpaired) electrons. The van der Waals surface area contributed by atoms with Gasteiger partial charge in [-0.2, -0.15) is 0 Å². The van der Waals surface area contributed by atoms with Gasteiger partial charge in [0.25, 0.3) is 0 Å². The van der Waals surface area contributed by atoms with E-state index in [1.54, 1.807) is 67.2 Å². The molecule has 670 valence electrons.